The van der Waals surface area contributed by atoms with Crippen LogP contribution in [0, 0.1) is 0 Å². The highest BCUT2D eigenvalue weighted by atomic mass is 35.5. The Bertz CT molecular complexity index is 1210. The Morgan fingerprint density at radius 2 is 1.74 bits per heavy atom. The molecule has 1 aliphatic heterocycles. The van der Waals surface area contributed by atoms with Gasteiger partial charge in [0, 0.05) is 43.5 Å². The minimum atomic E-state index is -0.231. The summed E-state index contributed by atoms with van der Waals surface area (Å²) in [6, 6.07) is 22.3. The standard InChI is InChI=1S/C28H28ClN3O3/c1-2-35-24-10-6-9-22(19-24)28(34)30-23-12-13-26(25(29)20-23)31-15-17-32(18-16-31)27(33)14-11-21-7-4-3-5-8-21/h3-14,19-20H,2,15-18H2,1H3,(H,30,34)/b14-11+. The Hall–Kier alpha value is -3.77. The fourth-order valence-corrected chi connectivity index (χ4v) is 4.24. The smallest absolute Gasteiger partial charge is 0.255 e. The molecule has 1 N–H and O–H groups in total. The molecule has 0 unspecified atom stereocenters. The first kappa shape index (κ1) is 24.4. The van der Waals surface area contributed by atoms with E-state index in [1.54, 1.807) is 30.3 Å². The molecular weight excluding hydrogens is 462 g/mol. The molecule has 1 saturated heterocycles. The predicted molar refractivity (Wildman–Crippen MR) is 141 cm³/mol. The second kappa shape index (κ2) is 11.6. The first-order valence-corrected chi connectivity index (χ1v) is 12.0. The summed E-state index contributed by atoms with van der Waals surface area (Å²) in [4.78, 5) is 29.2. The van der Waals surface area contributed by atoms with Crippen LogP contribution in [0.1, 0.15) is 22.8 Å². The molecule has 4 rings (SSSR count). The van der Waals surface area contributed by atoms with Crippen LogP contribution in [0.2, 0.25) is 5.02 Å². The van der Waals surface area contributed by atoms with Gasteiger partial charge < -0.3 is 19.9 Å². The van der Waals surface area contributed by atoms with E-state index in [-0.39, 0.29) is 11.8 Å². The molecule has 6 nitrogen and oxygen atoms in total. The molecule has 35 heavy (non-hydrogen) atoms. The van der Waals surface area contributed by atoms with E-state index in [0.717, 1.165) is 11.3 Å². The van der Waals surface area contributed by atoms with Gasteiger partial charge in [0.1, 0.15) is 5.75 Å². The molecule has 0 aliphatic carbocycles. The van der Waals surface area contributed by atoms with Crippen LogP contribution in [0.25, 0.3) is 6.08 Å². The van der Waals surface area contributed by atoms with Crippen molar-refractivity contribution >= 4 is 40.9 Å². The van der Waals surface area contributed by atoms with Crippen LogP contribution in [0.15, 0.2) is 78.9 Å². The lowest BCUT2D eigenvalue weighted by atomic mass is 10.2. The number of nitrogens with one attached hydrogen (secondary N) is 1. The fraction of sp³-hybridized carbons (Fsp3) is 0.214. The van der Waals surface area contributed by atoms with Gasteiger partial charge in [-0.05, 0) is 55.0 Å². The van der Waals surface area contributed by atoms with Crippen molar-refractivity contribution in [2.24, 2.45) is 0 Å². The molecule has 0 saturated carbocycles. The highest BCUT2D eigenvalue weighted by Gasteiger charge is 2.21. The molecule has 2 amide bonds. The van der Waals surface area contributed by atoms with E-state index in [0.29, 0.717) is 54.8 Å². The third kappa shape index (κ3) is 6.43. The van der Waals surface area contributed by atoms with Crippen molar-refractivity contribution in [2.45, 2.75) is 6.92 Å². The number of benzene rings is 3. The van der Waals surface area contributed by atoms with Gasteiger partial charge in [0.05, 0.1) is 17.3 Å². The van der Waals surface area contributed by atoms with Crippen LogP contribution in [-0.2, 0) is 4.79 Å². The largest absolute Gasteiger partial charge is 0.494 e. The van der Waals surface area contributed by atoms with Gasteiger partial charge >= 0.3 is 0 Å². The van der Waals surface area contributed by atoms with Crippen molar-refractivity contribution in [1.82, 2.24) is 4.90 Å². The molecule has 180 valence electrons. The maximum atomic E-state index is 12.6. The number of amides is 2. The number of piperazine rings is 1. The molecule has 3 aromatic carbocycles. The second-order valence-electron chi connectivity index (χ2n) is 8.14. The molecule has 0 bridgehead atoms. The Morgan fingerprint density at radius 3 is 2.46 bits per heavy atom. The number of carbonyl (C=O) groups excluding carboxylic acids is 2. The highest BCUT2D eigenvalue weighted by molar-refractivity contribution is 6.33. The predicted octanol–water partition coefficient (Wildman–Crippen LogP) is 5.35. The number of carbonyl (C=O) groups is 2. The molecule has 0 spiro atoms. The number of ether oxygens (including phenoxy) is 1. The molecular formula is C28H28ClN3O3. The monoisotopic (exact) mass is 489 g/mol. The number of hydrogen-bond acceptors (Lipinski definition) is 4. The summed E-state index contributed by atoms with van der Waals surface area (Å²) in [5.41, 5.74) is 3.01. The van der Waals surface area contributed by atoms with Crippen molar-refractivity contribution < 1.29 is 14.3 Å². The average Bonchev–Trinajstić information content (AvgIpc) is 2.88. The minimum Gasteiger partial charge on any atom is -0.494 e. The Kier molecular flexibility index (Phi) is 8.06. The number of nitrogens with zero attached hydrogens (tertiary/aromatic N) is 2. The van der Waals surface area contributed by atoms with E-state index in [4.69, 9.17) is 16.3 Å². The zero-order valence-corrected chi connectivity index (χ0v) is 20.4. The lowest BCUT2D eigenvalue weighted by Gasteiger charge is -2.36. The van der Waals surface area contributed by atoms with E-state index in [1.807, 2.05) is 66.4 Å². The van der Waals surface area contributed by atoms with Gasteiger partial charge in [-0.15, -0.1) is 0 Å². The van der Waals surface area contributed by atoms with E-state index in [9.17, 15) is 9.59 Å². The van der Waals surface area contributed by atoms with Crippen LogP contribution < -0.4 is 15.0 Å². The molecule has 3 aromatic rings. The normalized spacial score (nSPS) is 13.7. The van der Waals surface area contributed by atoms with Gasteiger partial charge in [0.2, 0.25) is 5.91 Å². The Balaban J connectivity index is 1.33. The first-order valence-electron chi connectivity index (χ1n) is 11.6. The molecule has 0 atom stereocenters. The average molecular weight is 490 g/mol. The van der Waals surface area contributed by atoms with E-state index in [2.05, 4.69) is 10.2 Å². The lowest BCUT2D eigenvalue weighted by molar-refractivity contribution is -0.126. The summed E-state index contributed by atoms with van der Waals surface area (Å²) < 4.78 is 5.47. The Labute approximate surface area is 210 Å². The van der Waals surface area contributed by atoms with Crippen molar-refractivity contribution in [2.75, 3.05) is 43.0 Å². The maximum absolute atomic E-state index is 12.6. The zero-order valence-electron chi connectivity index (χ0n) is 19.6. The summed E-state index contributed by atoms with van der Waals surface area (Å²) in [7, 11) is 0. The van der Waals surface area contributed by atoms with Crippen LogP contribution in [0.4, 0.5) is 11.4 Å². The third-order valence-electron chi connectivity index (χ3n) is 5.76. The summed E-state index contributed by atoms with van der Waals surface area (Å²) in [5.74, 6) is 0.429. The second-order valence-corrected chi connectivity index (χ2v) is 8.54. The molecule has 1 aliphatic rings. The highest BCUT2D eigenvalue weighted by Crippen LogP contribution is 2.30. The van der Waals surface area contributed by atoms with Crippen LogP contribution in [0.3, 0.4) is 0 Å². The molecule has 7 heteroatoms. The van der Waals surface area contributed by atoms with E-state index in [1.165, 1.54) is 0 Å². The van der Waals surface area contributed by atoms with Crippen molar-refractivity contribution in [3.8, 4) is 5.75 Å². The Morgan fingerprint density at radius 1 is 0.971 bits per heavy atom. The van der Waals surface area contributed by atoms with Crippen molar-refractivity contribution in [3.05, 3.63) is 95.0 Å². The number of hydrogen-bond donors (Lipinski definition) is 1. The van der Waals surface area contributed by atoms with Gasteiger partial charge in [0.25, 0.3) is 5.91 Å². The van der Waals surface area contributed by atoms with Gasteiger partial charge in [-0.2, -0.15) is 0 Å². The summed E-state index contributed by atoms with van der Waals surface area (Å²) in [6.45, 7) is 5.03. The van der Waals surface area contributed by atoms with Crippen molar-refractivity contribution in [3.63, 3.8) is 0 Å². The number of anilines is 2. The van der Waals surface area contributed by atoms with Gasteiger partial charge in [-0.25, -0.2) is 0 Å². The van der Waals surface area contributed by atoms with Gasteiger partial charge in [0.15, 0.2) is 0 Å². The van der Waals surface area contributed by atoms with Crippen molar-refractivity contribution in [1.29, 1.82) is 0 Å². The summed E-state index contributed by atoms with van der Waals surface area (Å²) >= 11 is 6.57. The number of halogens is 1. The lowest BCUT2D eigenvalue weighted by Crippen LogP contribution is -2.48. The minimum absolute atomic E-state index is 0.00562. The summed E-state index contributed by atoms with van der Waals surface area (Å²) in [5, 5.41) is 3.44. The topological polar surface area (TPSA) is 61.9 Å². The third-order valence-corrected chi connectivity index (χ3v) is 6.07. The van der Waals surface area contributed by atoms with Crippen LogP contribution in [0.5, 0.6) is 5.75 Å². The molecule has 1 fully saturated rings. The van der Waals surface area contributed by atoms with Crippen LogP contribution >= 0.6 is 11.6 Å². The van der Waals surface area contributed by atoms with E-state index < -0.39 is 0 Å². The van der Waals surface area contributed by atoms with Gasteiger partial charge in [-0.3, -0.25) is 9.59 Å². The summed E-state index contributed by atoms with van der Waals surface area (Å²) in [6.07, 6.45) is 3.46. The maximum Gasteiger partial charge on any atom is 0.255 e. The molecule has 1 heterocycles. The zero-order chi connectivity index (χ0) is 24.6. The van der Waals surface area contributed by atoms with E-state index >= 15 is 0 Å². The van der Waals surface area contributed by atoms with Crippen LogP contribution in [-0.4, -0.2) is 49.5 Å². The first-order chi connectivity index (χ1) is 17.0. The van der Waals surface area contributed by atoms with Gasteiger partial charge in [-0.1, -0.05) is 48.0 Å². The molecule has 0 aromatic heterocycles. The fourth-order valence-electron chi connectivity index (χ4n) is 3.94. The molecule has 0 radical (unpaired) electrons. The quantitative estimate of drug-likeness (QED) is 0.454. The SMILES string of the molecule is CCOc1cccc(C(=O)Nc2ccc(N3CCN(C(=O)/C=C/c4ccccc4)CC3)c(Cl)c2)c1. The number of rotatable bonds is 7.